The van der Waals surface area contributed by atoms with Gasteiger partial charge >= 0.3 is 0 Å². The molecule has 0 aliphatic rings. The van der Waals surface area contributed by atoms with Gasteiger partial charge in [-0.1, -0.05) is 198 Å². The Morgan fingerprint density at radius 1 is 0.550 bits per heavy atom. The third kappa shape index (κ3) is 21.8. The molecule has 0 spiro atoms. The third-order valence-corrected chi connectivity index (χ3v) is 8.47. The maximum absolute atomic E-state index is 6.46. The third-order valence-electron chi connectivity index (χ3n) is 8.47. The Morgan fingerprint density at radius 2 is 1.17 bits per heavy atom. The van der Waals surface area contributed by atoms with Crippen molar-refractivity contribution in [1.29, 1.82) is 0 Å². The van der Waals surface area contributed by atoms with Gasteiger partial charge in [-0.15, -0.1) is 0 Å². The Labute approximate surface area is 365 Å². The highest BCUT2D eigenvalue weighted by atomic mass is 14.6. The molecule has 0 radical (unpaired) electrons. The fourth-order valence-electron chi connectivity index (χ4n) is 5.28. The summed E-state index contributed by atoms with van der Waals surface area (Å²) in [6.45, 7) is 34.6. The van der Waals surface area contributed by atoms with E-state index in [1.807, 2.05) is 138 Å². The van der Waals surface area contributed by atoms with Gasteiger partial charge in [-0.25, -0.2) is 0 Å². The minimum Gasteiger partial charge on any atom is -0.399 e. The first-order valence-electron chi connectivity index (χ1n) is 20.7. The zero-order valence-electron chi connectivity index (χ0n) is 38.1. The van der Waals surface area contributed by atoms with E-state index in [-0.39, 0.29) is 0 Å². The van der Waals surface area contributed by atoms with Gasteiger partial charge in [0.15, 0.2) is 0 Å². The molecule has 2 heteroatoms. The van der Waals surface area contributed by atoms with Crippen molar-refractivity contribution < 1.29 is 0 Å². The smallest absolute Gasteiger partial charge is 0.0393 e. The molecular weight excluding hydrogens is 725 g/mol. The van der Waals surface area contributed by atoms with Gasteiger partial charge in [-0.05, 0) is 141 Å². The Kier molecular flexibility index (Phi) is 29.7. The van der Waals surface area contributed by atoms with Gasteiger partial charge < -0.3 is 11.5 Å². The normalized spacial score (nSPS) is 12.5. The summed E-state index contributed by atoms with van der Waals surface area (Å²) in [6.07, 6.45) is 39.5. The van der Waals surface area contributed by atoms with Crippen LogP contribution in [0.25, 0.3) is 22.3 Å². The monoisotopic (exact) mass is 797 g/mol. The summed E-state index contributed by atoms with van der Waals surface area (Å²) in [5.74, 6) is 0. The van der Waals surface area contributed by atoms with Crippen molar-refractivity contribution in [2.75, 3.05) is 11.5 Å². The van der Waals surface area contributed by atoms with Gasteiger partial charge in [0, 0.05) is 16.9 Å². The molecule has 3 aromatic carbocycles. The second-order valence-electron chi connectivity index (χ2n) is 13.1. The molecule has 0 fully saturated rings. The summed E-state index contributed by atoms with van der Waals surface area (Å²) in [5.41, 5.74) is 24.8. The lowest BCUT2D eigenvalue weighted by molar-refractivity contribution is 1.21. The molecule has 3 rings (SSSR count). The van der Waals surface area contributed by atoms with E-state index in [0.717, 1.165) is 56.7 Å². The first-order chi connectivity index (χ1) is 29.0. The zero-order valence-corrected chi connectivity index (χ0v) is 38.1. The Hall–Kier alpha value is -6.64. The summed E-state index contributed by atoms with van der Waals surface area (Å²) in [7, 11) is 0. The van der Waals surface area contributed by atoms with E-state index in [1.165, 1.54) is 16.7 Å². The zero-order chi connectivity index (χ0) is 45.1. The van der Waals surface area contributed by atoms with Crippen molar-refractivity contribution in [2.45, 2.75) is 68.7 Å². The lowest BCUT2D eigenvalue weighted by atomic mass is 9.94. The van der Waals surface area contributed by atoms with Crippen molar-refractivity contribution in [3.63, 3.8) is 0 Å². The van der Waals surface area contributed by atoms with Gasteiger partial charge in [0.2, 0.25) is 0 Å². The Balaban J connectivity index is 0.00000181. The minimum atomic E-state index is 0.683. The van der Waals surface area contributed by atoms with Crippen molar-refractivity contribution in [3.8, 4) is 0 Å². The molecule has 0 atom stereocenters. The SMILES string of the molecule is C=C(/C=C\C=C/C)C(=C)/C=C(\C=C/C)c1ccc(N)c(C(=C)/C=C\C(=C/C)c2cccc(C(/C=C(\C)C/C=C\C)=C/C)c2)c1.C=C/C=C\C=C/C.CC.Nc1ccccc1. The van der Waals surface area contributed by atoms with Crippen LogP contribution in [0.15, 0.2) is 231 Å². The molecular formula is C58H72N2. The first kappa shape index (κ1) is 53.4. The molecule has 60 heavy (non-hydrogen) atoms. The van der Waals surface area contributed by atoms with Crippen LogP contribution >= 0.6 is 0 Å². The lowest BCUT2D eigenvalue weighted by Crippen LogP contribution is -1.95. The number of rotatable bonds is 16. The van der Waals surface area contributed by atoms with Gasteiger partial charge in [-0.3, -0.25) is 0 Å². The van der Waals surface area contributed by atoms with Crippen LogP contribution in [-0.2, 0) is 0 Å². The van der Waals surface area contributed by atoms with E-state index in [9.17, 15) is 0 Å². The number of benzene rings is 3. The standard InChI is InChI=1S/C43H49N.C7H10.C6H7N.C2H6/c1-10-15-17-21-33(7)35(9)29-38(19-12-3)41-26-27-43(44)42(31-41)34(8)24-25-36(13-4)39-22-18-23-40(30-39)37(14-5)28-32(6)20-16-11-2;1-3-5-7-6-4-2;7-6-4-2-1-3-5-6;1-2/h10-19,21-31H,7-9,20,44H2,1-6H3;3-7H,1H2,2H3;1-5H,7H2;1-2H3/b15-10-,16-11-,19-12-,21-17-,25-24-,32-28+,36-13+,37-14+,38-29+;6-4-,7-5-;;. The average molecular weight is 797 g/mol. The van der Waals surface area contributed by atoms with Crippen LogP contribution < -0.4 is 11.5 Å². The van der Waals surface area contributed by atoms with E-state index >= 15 is 0 Å². The molecule has 2 nitrogen and oxygen atoms in total. The van der Waals surface area contributed by atoms with Crippen LogP contribution in [0, 0.1) is 0 Å². The van der Waals surface area contributed by atoms with Crippen LogP contribution in [0.4, 0.5) is 11.4 Å². The van der Waals surface area contributed by atoms with Crippen LogP contribution in [0.1, 0.15) is 91.0 Å². The molecule has 0 unspecified atom stereocenters. The van der Waals surface area contributed by atoms with E-state index in [1.54, 1.807) is 6.08 Å². The van der Waals surface area contributed by atoms with Crippen molar-refractivity contribution >= 4 is 33.7 Å². The number of nitrogens with two attached hydrogens (primary N) is 2. The number of hydrogen-bond donors (Lipinski definition) is 2. The Morgan fingerprint density at radius 3 is 1.72 bits per heavy atom. The molecule has 0 saturated carbocycles. The van der Waals surface area contributed by atoms with Crippen molar-refractivity contribution in [2.24, 2.45) is 0 Å². The largest absolute Gasteiger partial charge is 0.399 e. The van der Waals surface area contributed by atoms with E-state index in [2.05, 4.69) is 133 Å². The highest BCUT2D eigenvalue weighted by molar-refractivity contribution is 5.88. The van der Waals surface area contributed by atoms with Gasteiger partial charge in [0.25, 0.3) is 0 Å². The highest BCUT2D eigenvalue weighted by Gasteiger charge is 2.08. The molecule has 0 aliphatic carbocycles. The quantitative estimate of drug-likeness (QED) is 0.0862. The molecule has 0 saturated heterocycles. The fraction of sp³-hybridized carbons (Fsp3) is 0.172. The van der Waals surface area contributed by atoms with Crippen LogP contribution in [0.3, 0.4) is 0 Å². The number of hydrogen-bond acceptors (Lipinski definition) is 2. The van der Waals surface area contributed by atoms with Gasteiger partial charge in [-0.2, -0.15) is 0 Å². The topological polar surface area (TPSA) is 52.0 Å². The number of anilines is 2. The highest BCUT2D eigenvalue weighted by Crippen LogP contribution is 2.30. The van der Waals surface area contributed by atoms with E-state index < -0.39 is 0 Å². The summed E-state index contributed by atoms with van der Waals surface area (Å²) >= 11 is 0. The maximum atomic E-state index is 6.46. The van der Waals surface area contributed by atoms with Crippen LogP contribution in [-0.4, -0.2) is 0 Å². The first-order valence-corrected chi connectivity index (χ1v) is 20.7. The number of allylic oxidation sites excluding steroid dienone is 26. The molecule has 0 heterocycles. The Bertz CT molecular complexity index is 2130. The second-order valence-corrected chi connectivity index (χ2v) is 13.1. The van der Waals surface area contributed by atoms with E-state index in [0.29, 0.717) is 5.69 Å². The summed E-state index contributed by atoms with van der Waals surface area (Å²) in [5, 5.41) is 0. The summed E-state index contributed by atoms with van der Waals surface area (Å²) < 4.78 is 0. The molecule has 0 amide bonds. The molecule has 0 aliphatic heterocycles. The molecule has 0 bridgehead atoms. The number of para-hydroxylation sites is 1. The predicted octanol–water partition coefficient (Wildman–Crippen LogP) is 17.1. The van der Waals surface area contributed by atoms with Gasteiger partial charge in [0.05, 0.1) is 0 Å². The summed E-state index contributed by atoms with van der Waals surface area (Å²) in [4.78, 5) is 0. The number of nitrogen functional groups attached to an aromatic ring is 2. The maximum Gasteiger partial charge on any atom is 0.0393 e. The van der Waals surface area contributed by atoms with Crippen molar-refractivity contribution in [3.05, 3.63) is 254 Å². The van der Waals surface area contributed by atoms with Crippen molar-refractivity contribution in [1.82, 2.24) is 0 Å². The van der Waals surface area contributed by atoms with E-state index in [4.69, 9.17) is 11.5 Å². The second kappa shape index (κ2) is 33.3. The molecule has 3 aromatic rings. The average Bonchev–Trinajstić information content (AvgIpc) is 3.26. The minimum absolute atomic E-state index is 0.683. The molecule has 0 aromatic heterocycles. The van der Waals surface area contributed by atoms with Crippen LogP contribution in [0.2, 0.25) is 0 Å². The molecule has 4 N–H and O–H groups in total. The summed E-state index contributed by atoms with van der Waals surface area (Å²) in [6, 6.07) is 24.2. The lowest BCUT2D eigenvalue weighted by Gasteiger charge is -2.12. The van der Waals surface area contributed by atoms with Crippen LogP contribution in [0.5, 0.6) is 0 Å². The fourth-order valence-corrected chi connectivity index (χ4v) is 5.28. The predicted molar refractivity (Wildman–Crippen MR) is 277 cm³/mol. The van der Waals surface area contributed by atoms with Gasteiger partial charge in [0.1, 0.15) is 0 Å². The molecule has 314 valence electrons.